The Morgan fingerprint density at radius 3 is 2.71 bits per heavy atom. The molecule has 114 valence electrons. The molecule has 21 heavy (non-hydrogen) atoms. The van der Waals surface area contributed by atoms with E-state index in [0.29, 0.717) is 17.5 Å². The zero-order chi connectivity index (χ0) is 14.8. The summed E-state index contributed by atoms with van der Waals surface area (Å²) in [7, 11) is 0. The molecule has 1 saturated carbocycles. The lowest BCUT2D eigenvalue weighted by Gasteiger charge is -2.21. The van der Waals surface area contributed by atoms with Crippen LogP contribution in [0, 0.1) is 5.92 Å². The van der Waals surface area contributed by atoms with Crippen molar-refractivity contribution in [3.8, 4) is 0 Å². The van der Waals surface area contributed by atoms with E-state index in [4.69, 9.17) is 4.74 Å². The summed E-state index contributed by atoms with van der Waals surface area (Å²) in [5.74, 6) is 0.654. The first-order chi connectivity index (χ1) is 10.1. The third-order valence-corrected chi connectivity index (χ3v) is 4.15. The second-order valence-corrected chi connectivity index (χ2v) is 6.39. The fourth-order valence-corrected chi connectivity index (χ4v) is 3.02. The lowest BCUT2D eigenvalue weighted by molar-refractivity contribution is 0.0730. The molecule has 2 fully saturated rings. The quantitative estimate of drug-likeness (QED) is 0.876. The maximum Gasteiger partial charge on any atom is 0.253 e. The van der Waals surface area contributed by atoms with Crippen molar-refractivity contribution in [2.75, 3.05) is 11.9 Å². The number of anilines is 1. The first kappa shape index (κ1) is 14.4. The minimum atomic E-state index is -0.0000926. The topological polar surface area (TPSA) is 50.4 Å². The number of para-hydroxylation sites is 1. The van der Waals surface area contributed by atoms with E-state index in [1.165, 1.54) is 12.8 Å². The van der Waals surface area contributed by atoms with Crippen LogP contribution in [-0.2, 0) is 4.74 Å². The van der Waals surface area contributed by atoms with Crippen molar-refractivity contribution in [1.29, 1.82) is 0 Å². The van der Waals surface area contributed by atoms with Gasteiger partial charge in [0.15, 0.2) is 0 Å². The highest BCUT2D eigenvalue weighted by Crippen LogP contribution is 2.38. The van der Waals surface area contributed by atoms with E-state index in [1.807, 2.05) is 24.3 Å². The summed E-state index contributed by atoms with van der Waals surface area (Å²) in [5.41, 5.74) is 1.61. The Balaban J connectivity index is 1.70. The Kier molecular flexibility index (Phi) is 4.15. The summed E-state index contributed by atoms with van der Waals surface area (Å²) >= 11 is 0. The number of hydrogen-bond acceptors (Lipinski definition) is 3. The van der Waals surface area contributed by atoms with Crippen molar-refractivity contribution >= 4 is 11.6 Å². The van der Waals surface area contributed by atoms with Crippen LogP contribution in [0.4, 0.5) is 5.69 Å². The Labute approximate surface area is 126 Å². The summed E-state index contributed by atoms with van der Waals surface area (Å²) in [5, 5.41) is 6.51. The molecule has 2 atom stereocenters. The van der Waals surface area contributed by atoms with E-state index in [0.717, 1.165) is 18.7 Å². The zero-order valence-electron chi connectivity index (χ0n) is 12.8. The molecule has 1 aliphatic carbocycles. The van der Waals surface area contributed by atoms with E-state index in [-0.39, 0.29) is 18.1 Å². The first-order valence-electron chi connectivity index (χ1n) is 7.93. The fraction of sp³-hybridized carbons (Fsp3) is 0.588. The van der Waals surface area contributed by atoms with Gasteiger partial charge in [-0.1, -0.05) is 12.1 Å². The lowest BCUT2D eigenvalue weighted by atomic mass is 10.0. The molecule has 2 unspecified atom stereocenters. The molecule has 3 rings (SSSR count). The molecule has 0 aromatic heterocycles. The van der Waals surface area contributed by atoms with E-state index < -0.39 is 0 Å². The lowest BCUT2D eigenvalue weighted by Crippen LogP contribution is -2.41. The molecular formula is C17H24N2O2. The molecule has 1 aliphatic heterocycles. The highest BCUT2D eigenvalue weighted by Gasteiger charge is 2.41. The highest BCUT2D eigenvalue weighted by atomic mass is 16.5. The van der Waals surface area contributed by atoms with Gasteiger partial charge >= 0.3 is 0 Å². The Morgan fingerprint density at radius 2 is 2.00 bits per heavy atom. The molecule has 0 radical (unpaired) electrons. The average molecular weight is 288 g/mol. The second kappa shape index (κ2) is 6.06. The standard InChI is InChI=1S/C17H24N2O2/c1-11(2)18-14-6-4-3-5-13(14)17(20)19-15-9-10-21-16(15)12-7-8-12/h3-6,11-12,15-16,18H,7-10H2,1-2H3,(H,19,20). The monoisotopic (exact) mass is 288 g/mol. The number of carbonyl (C=O) groups is 1. The highest BCUT2D eigenvalue weighted by molar-refractivity contribution is 5.99. The summed E-state index contributed by atoms with van der Waals surface area (Å²) in [6, 6.07) is 8.16. The van der Waals surface area contributed by atoms with E-state index >= 15 is 0 Å². The van der Waals surface area contributed by atoms with Gasteiger partial charge in [-0.25, -0.2) is 0 Å². The van der Waals surface area contributed by atoms with Crippen LogP contribution in [0.2, 0.25) is 0 Å². The molecular weight excluding hydrogens is 264 g/mol. The van der Waals surface area contributed by atoms with Gasteiger partial charge in [0, 0.05) is 18.3 Å². The van der Waals surface area contributed by atoms with Crippen LogP contribution in [0.15, 0.2) is 24.3 Å². The Morgan fingerprint density at radius 1 is 1.24 bits per heavy atom. The molecule has 1 aromatic carbocycles. The molecule has 1 amide bonds. The fourth-order valence-electron chi connectivity index (χ4n) is 3.02. The van der Waals surface area contributed by atoms with Crippen molar-refractivity contribution < 1.29 is 9.53 Å². The summed E-state index contributed by atoms with van der Waals surface area (Å²) < 4.78 is 5.79. The minimum absolute atomic E-state index is 0.0000926. The van der Waals surface area contributed by atoms with Gasteiger partial charge in [-0.05, 0) is 51.2 Å². The Bertz CT molecular complexity index is 511. The predicted octanol–water partition coefficient (Wildman–Crippen LogP) is 2.80. The maximum atomic E-state index is 12.6. The van der Waals surface area contributed by atoms with Crippen LogP contribution in [-0.4, -0.2) is 30.7 Å². The van der Waals surface area contributed by atoms with Gasteiger partial charge in [0.2, 0.25) is 0 Å². The molecule has 2 aliphatic rings. The maximum absolute atomic E-state index is 12.6. The SMILES string of the molecule is CC(C)Nc1ccccc1C(=O)NC1CCOC1C1CC1. The van der Waals surface area contributed by atoms with Crippen LogP contribution in [0.1, 0.15) is 43.5 Å². The normalized spacial score (nSPS) is 25.1. The number of benzene rings is 1. The van der Waals surface area contributed by atoms with Crippen LogP contribution in [0.3, 0.4) is 0 Å². The zero-order valence-corrected chi connectivity index (χ0v) is 12.8. The number of nitrogens with one attached hydrogen (secondary N) is 2. The molecule has 0 bridgehead atoms. The van der Waals surface area contributed by atoms with Gasteiger partial charge < -0.3 is 15.4 Å². The van der Waals surface area contributed by atoms with Crippen LogP contribution in [0.25, 0.3) is 0 Å². The van der Waals surface area contributed by atoms with Crippen molar-refractivity contribution in [2.45, 2.75) is 51.3 Å². The molecule has 2 N–H and O–H groups in total. The number of hydrogen-bond donors (Lipinski definition) is 2. The smallest absolute Gasteiger partial charge is 0.253 e. The molecule has 0 spiro atoms. The molecule has 1 aromatic rings. The van der Waals surface area contributed by atoms with Crippen molar-refractivity contribution in [3.05, 3.63) is 29.8 Å². The summed E-state index contributed by atoms with van der Waals surface area (Å²) in [4.78, 5) is 12.6. The molecule has 4 nitrogen and oxygen atoms in total. The van der Waals surface area contributed by atoms with E-state index in [2.05, 4.69) is 24.5 Å². The van der Waals surface area contributed by atoms with Gasteiger partial charge in [-0.2, -0.15) is 0 Å². The number of rotatable bonds is 5. The van der Waals surface area contributed by atoms with Gasteiger partial charge in [0.1, 0.15) is 0 Å². The third-order valence-electron chi connectivity index (χ3n) is 4.15. The predicted molar refractivity (Wildman–Crippen MR) is 83.5 cm³/mol. The Hall–Kier alpha value is -1.55. The number of ether oxygens (including phenoxy) is 1. The first-order valence-corrected chi connectivity index (χ1v) is 7.93. The van der Waals surface area contributed by atoms with Gasteiger partial charge in [-0.3, -0.25) is 4.79 Å². The third kappa shape index (κ3) is 3.38. The van der Waals surface area contributed by atoms with Crippen LogP contribution in [0.5, 0.6) is 0 Å². The number of amides is 1. The van der Waals surface area contributed by atoms with Crippen LogP contribution >= 0.6 is 0 Å². The van der Waals surface area contributed by atoms with Crippen LogP contribution < -0.4 is 10.6 Å². The van der Waals surface area contributed by atoms with Crippen molar-refractivity contribution in [1.82, 2.24) is 5.32 Å². The average Bonchev–Trinajstić information content (AvgIpc) is 3.19. The minimum Gasteiger partial charge on any atom is -0.382 e. The number of carbonyl (C=O) groups excluding carboxylic acids is 1. The summed E-state index contributed by atoms with van der Waals surface area (Å²) in [6.07, 6.45) is 3.62. The van der Waals surface area contributed by atoms with E-state index in [9.17, 15) is 4.79 Å². The summed E-state index contributed by atoms with van der Waals surface area (Å²) in [6.45, 7) is 4.91. The van der Waals surface area contributed by atoms with Crippen molar-refractivity contribution in [2.24, 2.45) is 5.92 Å². The van der Waals surface area contributed by atoms with Gasteiger partial charge in [0.25, 0.3) is 5.91 Å². The molecule has 1 saturated heterocycles. The molecule has 1 heterocycles. The largest absolute Gasteiger partial charge is 0.382 e. The van der Waals surface area contributed by atoms with Gasteiger partial charge in [0.05, 0.1) is 17.7 Å². The van der Waals surface area contributed by atoms with Crippen molar-refractivity contribution in [3.63, 3.8) is 0 Å². The molecule has 4 heteroatoms. The second-order valence-electron chi connectivity index (χ2n) is 6.39. The van der Waals surface area contributed by atoms with Gasteiger partial charge in [-0.15, -0.1) is 0 Å². The van der Waals surface area contributed by atoms with E-state index in [1.54, 1.807) is 0 Å².